The Kier molecular flexibility index (Phi) is 6.02. The maximum Gasteiger partial charge on any atom is 0.127 e. The molecule has 21 heavy (non-hydrogen) atoms. The number of nitrogens with one attached hydrogen (secondary N) is 1. The lowest BCUT2D eigenvalue weighted by atomic mass is 9.99. The zero-order valence-corrected chi connectivity index (χ0v) is 14.1. The smallest absolute Gasteiger partial charge is 0.127 e. The Labute approximate surface area is 141 Å². The van der Waals surface area contributed by atoms with Gasteiger partial charge in [0.15, 0.2) is 0 Å². The second kappa shape index (κ2) is 7.56. The summed E-state index contributed by atoms with van der Waals surface area (Å²) in [4.78, 5) is 0. The average Bonchev–Trinajstić information content (AvgIpc) is 2.44. The van der Waals surface area contributed by atoms with Gasteiger partial charge >= 0.3 is 0 Å². The number of hydrogen-bond acceptors (Lipinski definition) is 2. The molecule has 1 unspecified atom stereocenters. The molecule has 2 rings (SSSR count). The van der Waals surface area contributed by atoms with Crippen molar-refractivity contribution in [2.75, 3.05) is 0 Å². The molecule has 0 radical (unpaired) electrons. The maximum atomic E-state index is 13.9. The van der Waals surface area contributed by atoms with E-state index in [-0.39, 0.29) is 11.9 Å². The van der Waals surface area contributed by atoms with Crippen molar-refractivity contribution in [3.8, 4) is 0 Å². The van der Waals surface area contributed by atoms with Crippen LogP contribution in [0.3, 0.4) is 0 Å². The number of benzene rings is 2. The Morgan fingerprint density at radius 3 is 2.48 bits per heavy atom. The molecule has 6 heteroatoms. The Balaban J connectivity index is 2.10. The topological polar surface area (TPSA) is 38.0 Å². The van der Waals surface area contributed by atoms with Crippen molar-refractivity contribution in [2.24, 2.45) is 5.84 Å². The summed E-state index contributed by atoms with van der Waals surface area (Å²) in [5.74, 6) is 5.32. The summed E-state index contributed by atoms with van der Waals surface area (Å²) in [7, 11) is 0. The largest absolute Gasteiger partial charge is 0.271 e. The van der Waals surface area contributed by atoms with Gasteiger partial charge in [0.05, 0.1) is 10.0 Å². The summed E-state index contributed by atoms with van der Waals surface area (Å²) < 4.78 is 14.6. The van der Waals surface area contributed by atoms with Gasteiger partial charge in [0.1, 0.15) is 5.82 Å². The molecule has 0 amide bonds. The van der Waals surface area contributed by atoms with Crippen LogP contribution in [0.2, 0.25) is 10.0 Å². The quantitative estimate of drug-likeness (QED) is 0.581. The Hall–Kier alpha value is -0.650. The van der Waals surface area contributed by atoms with Crippen LogP contribution in [0, 0.1) is 5.82 Å². The van der Waals surface area contributed by atoms with E-state index in [9.17, 15) is 4.39 Å². The van der Waals surface area contributed by atoms with Crippen LogP contribution in [0.5, 0.6) is 0 Å². The number of hydrazine groups is 1. The predicted molar refractivity (Wildman–Crippen MR) is 89.1 cm³/mol. The Morgan fingerprint density at radius 2 is 1.86 bits per heavy atom. The molecule has 2 nitrogen and oxygen atoms in total. The first kappa shape index (κ1) is 16.7. The first-order valence-corrected chi connectivity index (χ1v) is 7.88. The zero-order chi connectivity index (χ0) is 15.4. The first-order chi connectivity index (χ1) is 9.99. The molecule has 0 bridgehead atoms. The molecule has 0 heterocycles. The summed E-state index contributed by atoms with van der Waals surface area (Å²) in [6.45, 7) is 0. The van der Waals surface area contributed by atoms with Gasteiger partial charge in [-0.3, -0.25) is 11.3 Å². The van der Waals surface area contributed by atoms with Crippen LogP contribution in [-0.2, 0) is 12.8 Å². The molecule has 112 valence electrons. The van der Waals surface area contributed by atoms with Crippen LogP contribution in [0.15, 0.2) is 40.9 Å². The molecule has 0 fully saturated rings. The van der Waals surface area contributed by atoms with Gasteiger partial charge in [0.2, 0.25) is 0 Å². The van der Waals surface area contributed by atoms with Gasteiger partial charge in [0.25, 0.3) is 0 Å². The summed E-state index contributed by atoms with van der Waals surface area (Å²) in [5.41, 5.74) is 4.32. The summed E-state index contributed by atoms with van der Waals surface area (Å²) >= 11 is 15.1. The van der Waals surface area contributed by atoms with Crippen molar-refractivity contribution in [3.05, 3.63) is 67.9 Å². The molecule has 0 aliphatic heterocycles. The molecule has 0 saturated carbocycles. The number of rotatable bonds is 5. The Morgan fingerprint density at radius 1 is 1.10 bits per heavy atom. The third kappa shape index (κ3) is 4.66. The number of nitrogens with two attached hydrogens (primary N) is 1. The third-order valence-corrected chi connectivity index (χ3v) is 4.42. The van der Waals surface area contributed by atoms with Crippen molar-refractivity contribution in [1.82, 2.24) is 5.43 Å². The number of hydrogen-bond donors (Lipinski definition) is 2. The van der Waals surface area contributed by atoms with Crippen LogP contribution >= 0.6 is 39.1 Å². The lowest BCUT2D eigenvalue weighted by Gasteiger charge is -2.17. The summed E-state index contributed by atoms with van der Waals surface area (Å²) in [6, 6.07) is 10.3. The van der Waals surface area contributed by atoms with Gasteiger partial charge in [-0.1, -0.05) is 51.3 Å². The van der Waals surface area contributed by atoms with Crippen molar-refractivity contribution < 1.29 is 4.39 Å². The first-order valence-electron chi connectivity index (χ1n) is 6.33. The zero-order valence-electron chi connectivity index (χ0n) is 11.0. The van der Waals surface area contributed by atoms with Crippen molar-refractivity contribution >= 4 is 39.1 Å². The summed E-state index contributed by atoms with van der Waals surface area (Å²) in [6.07, 6.45) is 1.11. The van der Waals surface area contributed by atoms with Gasteiger partial charge in [-0.05, 0) is 48.2 Å². The highest BCUT2D eigenvalue weighted by atomic mass is 79.9. The van der Waals surface area contributed by atoms with E-state index in [1.54, 1.807) is 18.2 Å². The van der Waals surface area contributed by atoms with E-state index >= 15 is 0 Å². The van der Waals surface area contributed by atoms with Crippen LogP contribution in [0.25, 0.3) is 0 Å². The molecular weight excluding hydrogens is 378 g/mol. The molecule has 2 aromatic carbocycles. The minimum Gasteiger partial charge on any atom is -0.271 e. The van der Waals surface area contributed by atoms with E-state index in [1.807, 2.05) is 12.1 Å². The fourth-order valence-electron chi connectivity index (χ4n) is 2.09. The molecule has 0 aromatic heterocycles. The normalized spacial score (nSPS) is 12.4. The van der Waals surface area contributed by atoms with Crippen molar-refractivity contribution in [3.63, 3.8) is 0 Å². The van der Waals surface area contributed by atoms with Crippen LogP contribution < -0.4 is 11.3 Å². The van der Waals surface area contributed by atoms with E-state index in [0.717, 1.165) is 5.56 Å². The van der Waals surface area contributed by atoms with Crippen LogP contribution in [-0.4, -0.2) is 6.04 Å². The molecule has 1 atom stereocenters. The van der Waals surface area contributed by atoms with Crippen molar-refractivity contribution in [1.29, 1.82) is 0 Å². The van der Waals surface area contributed by atoms with Crippen LogP contribution in [0.4, 0.5) is 4.39 Å². The highest BCUT2D eigenvalue weighted by Gasteiger charge is 2.13. The minimum atomic E-state index is -0.251. The molecule has 2 aromatic rings. The standard InChI is InChI=1S/C15H14BrCl2FN2/c16-11-3-2-10(15(19)8-11)7-12(21-20)5-9-1-4-13(17)14(18)6-9/h1-4,6,8,12,21H,5,7,20H2. The predicted octanol–water partition coefficient (Wildman–Crippen LogP) is 4.51. The van der Waals surface area contributed by atoms with Crippen molar-refractivity contribution in [2.45, 2.75) is 18.9 Å². The second-order valence-electron chi connectivity index (χ2n) is 4.76. The fraction of sp³-hybridized carbons (Fsp3) is 0.200. The SMILES string of the molecule is NNC(Cc1ccc(Cl)c(Cl)c1)Cc1ccc(Br)cc1F. The Bertz CT molecular complexity index is 637. The van der Waals surface area contributed by atoms with E-state index < -0.39 is 0 Å². The molecular formula is C15H14BrCl2FN2. The lowest BCUT2D eigenvalue weighted by molar-refractivity contribution is 0.506. The molecule has 3 N–H and O–H groups in total. The fourth-order valence-corrected chi connectivity index (χ4v) is 2.75. The lowest BCUT2D eigenvalue weighted by Crippen LogP contribution is -2.38. The molecule has 0 aliphatic rings. The van der Waals surface area contributed by atoms with Gasteiger partial charge in [-0.2, -0.15) is 0 Å². The van der Waals surface area contributed by atoms with Gasteiger partial charge < -0.3 is 0 Å². The van der Waals surface area contributed by atoms with E-state index in [2.05, 4.69) is 21.4 Å². The molecule has 0 aliphatic carbocycles. The second-order valence-corrected chi connectivity index (χ2v) is 6.49. The molecule has 0 saturated heterocycles. The highest BCUT2D eigenvalue weighted by Crippen LogP contribution is 2.24. The summed E-state index contributed by atoms with van der Waals surface area (Å²) in [5, 5.41) is 1.01. The average molecular weight is 392 g/mol. The van der Waals surface area contributed by atoms with E-state index in [1.165, 1.54) is 6.07 Å². The molecule has 0 spiro atoms. The monoisotopic (exact) mass is 390 g/mol. The minimum absolute atomic E-state index is 0.0992. The van der Waals surface area contributed by atoms with E-state index in [4.69, 9.17) is 29.0 Å². The van der Waals surface area contributed by atoms with Crippen LogP contribution in [0.1, 0.15) is 11.1 Å². The van der Waals surface area contributed by atoms with E-state index in [0.29, 0.717) is 32.9 Å². The van der Waals surface area contributed by atoms with Gasteiger partial charge in [0, 0.05) is 10.5 Å². The van der Waals surface area contributed by atoms with Gasteiger partial charge in [-0.15, -0.1) is 0 Å². The number of halogens is 4. The third-order valence-electron chi connectivity index (χ3n) is 3.18. The van der Waals surface area contributed by atoms with Gasteiger partial charge in [-0.25, -0.2) is 4.39 Å². The maximum absolute atomic E-state index is 13.9. The highest BCUT2D eigenvalue weighted by molar-refractivity contribution is 9.10.